The van der Waals surface area contributed by atoms with Gasteiger partial charge in [0.2, 0.25) is 5.91 Å². The fraction of sp³-hybridized carbons (Fsp3) is 0.312. The number of carbonyl (C=O) groups excluding carboxylic acids is 3. The molecular formula is C16H17N3O3. The summed E-state index contributed by atoms with van der Waals surface area (Å²) in [5, 5.41) is 2.66. The first-order chi connectivity index (χ1) is 10.5. The second-order valence-electron chi connectivity index (χ2n) is 5.69. The van der Waals surface area contributed by atoms with E-state index in [-0.39, 0.29) is 30.2 Å². The van der Waals surface area contributed by atoms with E-state index in [4.69, 9.17) is 0 Å². The van der Waals surface area contributed by atoms with Crippen molar-refractivity contribution in [2.45, 2.75) is 32.4 Å². The summed E-state index contributed by atoms with van der Waals surface area (Å²) in [7, 11) is 0. The molecule has 0 aliphatic carbocycles. The summed E-state index contributed by atoms with van der Waals surface area (Å²) >= 11 is 0. The number of rotatable bonds is 3. The van der Waals surface area contributed by atoms with Gasteiger partial charge in [-0.25, -0.2) is 0 Å². The number of pyridine rings is 1. The fourth-order valence-electron chi connectivity index (χ4n) is 2.73. The summed E-state index contributed by atoms with van der Waals surface area (Å²) in [4.78, 5) is 37.5. The number of fused-ring (bicyclic) bond motifs is 1. The van der Waals surface area contributed by atoms with E-state index in [1.54, 1.807) is 26.1 Å². The molecule has 114 valence electrons. The maximum absolute atomic E-state index is 12.3. The van der Waals surface area contributed by atoms with E-state index >= 15 is 0 Å². The normalized spacial score (nSPS) is 18.5. The zero-order valence-electron chi connectivity index (χ0n) is 12.4. The maximum atomic E-state index is 12.3. The van der Waals surface area contributed by atoms with Gasteiger partial charge in [-0.15, -0.1) is 0 Å². The summed E-state index contributed by atoms with van der Waals surface area (Å²) < 4.78 is 1.83. The van der Waals surface area contributed by atoms with E-state index in [9.17, 15) is 14.4 Å². The van der Waals surface area contributed by atoms with Gasteiger partial charge in [0.05, 0.1) is 12.0 Å². The molecule has 2 aromatic rings. The van der Waals surface area contributed by atoms with E-state index in [2.05, 4.69) is 5.32 Å². The van der Waals surface area contributed by atoms with Crippen molar-refractivity contribution in [3.05, 3.63) is 42.2 Å². The van der Waals surface area contributed by atoms with Crippen LogP contribution in [0.25, 0.3) is 5.52 Å². The van der Waals surface area contributed by atoms with E-state index in [0.717, 1.165) is 5.52 Å². The van der Waals surface area contributed by atoms with Gasteiger partial charge in [0.15, 0.2) is 0 Å². The van der Waals surface area contributed by atoms with Crippen molar-refractivity contribution in [2.24, 2.45) is 0 Å². The molecule has 1 N–H and O–H groups in total. The van der Waals surface area contributed by atoms with Gasteiger partial charge >= 0.3 is 0 Å². The monoisotopic (exact) mass is 299 g/mol. The number of carbonyl (C=O) groups is 3. The Balaban J connectivity index is 1.77. The second-order valence-corrected chi connectivity index (χ2v) is 5.69. The number of hydrogen-bond acceptors (Lipinski definition) is 3. The minimum absolute atomic E-state index is 0.0239. The fourth-order valence-corrected chi connectivity index (χ4v) is 2.73. The Labute approximate surface area is 127 Å². The third kappa shape index (κ3) is 2.36. The average Bonchev–Trinajstić information content (AvgIpc) is 3.00. The number of aromatic nitrogens is 1. The highest BCUT2D eigenvalue weighted by Gasteiger charge is 2.40. The Morgan fingerprint density at radius 2 is 2.09 bits per heavy atom. The van der Waals surface area contributed by atoms with Crippen LogP contribution in [-0.4, -0.2) is 39.1 Å². The Morgan fingerprint density at radius 3 is 2.73 bits per heavy atom. The highest BCUT2D eigenvalue weighted by atomic mass is 16.2. The van der Waals surface area contributed by atoms with Crippen LogP contribution in [0.15, 0.2) is 36.7 Å². The standard InChI is InChI=1S/C16H17N3O3/c1-10(2)19-14(20)8-13(16(19)22)17-15(21)11-7-12-5-3-4-6-18(12)9-11/h3-7,9-10,13H,8H2,1-2H3,(H,17,21). The molecule has 1 atom stereocenters. The van der Waals surface area contributed by atoms with E-state index in [0.29, 0.717) is 5.56 Å². The van der Waals surface area contributed by atoms with Gasteiger partial charge in [-0.05, 0) is 32.0 Å². The minimum Gasteiger partial charge on any atom is -0.340 e. The van der Waals surface area contributed by atoms with Gasteiger partial charge in [-0.1, -0.05) is 6.07 Å². The molecule has 3 rings (SSSR count). The minimum atomic E-state index is -0.773. The largest absolute Gasteiger partial charge is 0.340 e. The predicted molar refractivity (Wildman–Crippen MR) is 80.3 cm³/mol. The van der Waals surface area contributed by atoms with Crippen molar-refractivity contribution in [1.82, 2.24) is 14.6 Å². The molecule has 3 heterocycles. The highest BCUT2D eigenvalue weighted by Crippen LogP contribution is 2.17. The molecule has 6 heteroatoms. The predicted octanol–water partition coefficient (Wildman–Crippen LogP) is 1.20. The van der Waals surface area contributed by atoms with Crippen LogP contribution in [0.3, 0.4) is 0 Å². The van der Waals surface area contributed by atoms with Crippen molar-refractivity contribution in [3.63, 3.8) is 0 Å². The van der Waals surface area contributed by atoms with E-state index in [1.165, 1.54) is 4.90 Å². The Bertz CT molecular complexity index is 730. The molecule has 1 fully saturated rings. The zero-order chi connectivity index (χ0) is 15.9. The molecule has 1 saturated heterocycles. The van der Waals surface area contributed by atoms with Crippen molar-refractivity contribution in [3.8, 4) is 0 Å². The lowest BCUT2D eigenvalue weighted by Gasteiger charge is -2.19. The number of imide groups is 1. The number of nitrogens with one attached hydrogen (secondary N) is 1. The first kappa shape index (κ1) is 14.3. The number of nitrogens with zero attached hydrogens (tertiary/aromatic N) is 2. The topological polar surface area (TPSA) is 70.9 Å². The lowest BCUT2D eigenvalue weighted by atomic mass is 10.2. The molecule has 3 amide bonds. The molecule has 0 saturated carbocycles. The van der Waals surface area contributed by atoms with Crippen molar-refractivity contribution < 1.29 is 14.4 Å². The van der Waals surface area contributed by atoms with Crippen LogP contribution >= 0.6 is 0 Å². The van der Waals surface area contributed by atoms with Crippen LogP contribution in [0.4, 0.5) is 0 Å². The molecule has 1 aliphatic heterocycles. The van der Waals surface area contributed by atoms with Crippen LogP contribution in [0.1, 0.15) is 30.6 Å². The Kier molecular flexibility index (Phi) is 3.44. The van der Waals surface area contributed by atoms with Crippen molar-refractivity contribution in [2.75, 3.05) is 0 Å². The molecule has 0 bridgehead atoms. The maximum Gasteiger partial charge on any atom is 0.253 e. The van der Waals surface area contributed by atoms with Crippen LogP contribution in [0.2, 0.25) is 0 Å². The molecule has 22 heavy (non-hydrogen) atoms. The van der Waals surface area contributed by atoms with Crippen LogP contribution < -0.4 is 5.32 Å². The SMILES string of the molecule is CC(C)N1C(=O)CC(NC(=O)c2cc3ccccn3c2)C1=O. The van der Waals surface area contributed by atoms with Gasteiger partial charge in [0, 0.05) is 24.0 Å². The van der Waals surface area contributed by atoms with Crippen LogP contribution in [0, 0.1) is 0 Å². The molecule has 0 aromatic carbocycles. The molecule has 6 nitrogen and oxygen atoms in total. The van der Waals surface area contributed by atoms with Gasteiger partial charge in [0.1, 0.15) is 6.04 Å². The number of hydrogen-bond donors (Lipinski definition) is 1. The van der Waals surface area contributed by atoms with Gasteiger partial charge in [-0.3, -0.25) is 19.3 Å². The van der Waals surface area contributed by atoms with Crippen molar-refractivity contribution >= 4 is 23.2 Å². The quantitative estimate of drug-likeness (QED) is 0.866. The zero-order valence-corrected chi connectivity index (χ0v) is 12.4. The summed E-state index contributed by atoms with van der Waals surface area (Å²) in [6.45, 7) is 3.56. The molecule has 1 aliphatic rings. The summed E-state index contributed by atoms with van der Waals surface area (Å²) in [6.07, 6.45) is 3.57. The summed E-state index contributed by atoms with van der Waals surface area (Å²) in [5.74, 6) is -0.926. The van der Waals surface area contributed by atoms with Gasteiger partial charge < -0.3 is 9.72 Å². The third-order valence-corrected chi connectivity index (χ3v) is 3.77. The van der Waals surface area contributed by atoms with Crippen LogP contribution in [0.5, 0.6) is 0 Å². The molecule has 2 aromatic heterocycles. The molecule has 0 spiro atoms. The number of amides is 3. The lowest BCUT2D eigenvalue weighted by Crippen LogP contribution is -2.43. The van der Waals surface area contributed by atoms with Gasteiger partial charge in [0.25, 0.3) is 11.8 Å². The highest BCUT2D eigenvalue weighted by molar-refractivity contribution is 6.08. The smallest absolute Gasteiger partial charge is 0.253 e. The molecule has 0 radical (unpaired) electrons. The summed E-state index contributed by atoms with van der Waals surface area (Å²) in [6, 6.07) is 6.42. The lowest BCUT2D eigenvalue weighted by molar-refractivity contribution is -0.140. The first-order valence-corrected chi connectivity index (χ1v) is 7.21. The summed E-state index contributed by atoms with van der Waals surface area (Å²) in [5.41, 5.74) is 1.36. The Hall–Kier alpha value is -2.63. The average molecular weight is 299 g/mol. The second kappa shape index (κ2) is 5.29. The van der Waals surface area contributed by atoms with Gasteiger partial charge in [-0.2, -0.15) is 0 Å². The van der Waals surface area contributed by atoms with E-state index < -0.39 is 6.04 Å². The van der Waals surface area contributed by atoms with Crippen molar-refractivity contribution in [1.29, 1.82) is 0 Å². The molecular weight excluding hydrogens is 282 g/mol. The number of likely N-dealkylation sites (tertiary alicyclic amines) is 1. The van der Waals surface area contributed by atoms with E-state index in [1.807, 2.05) is 28.8 Å². The van der Waals surface area contributed by atoms with Crippen LogP contribution in [-0.2, 0) is 9.59 Å². The third-order valence-electron chi connectivity index (χ3n) is 3.77. The first-order valence-electron chi connectivity index (χ1n) is 7.21. The Morgan fingerprint density at radius 1 is 1.32 bits per heavy atom. The molecule has 1 unspecified atom stereocenters.